The molecule has 2 heterocycles. The van der Waals surface area contributed by atoms with Crippen LogP contribution in [0.3, 0.4) is 0 Å². The summed E-state index contributed by atoms with van der Waals surface area (Å²) in [5, 5.41) is 13.7. The lowest BCUT2D eigenvalue weighted by Gasteiger charge is -2.43. The number of alkyl halides is 1. The molecule has 1 spiro atoms. The van der Waals surface area contributed by atoms with Gasteiger partial charge in [-0.15, -0.1) is 0 Å². The highest BCUT2D eigenvalue weighted by molar-refractivity contribution is 9.10. The van der Waals surface area contributed by atoms with Gasteiger partial charge >= 0.3 is 6.09 Å². The summed E-state index contributed by atoms with van der Waals surface area (Å²) in [6, 6.07) is 5.45. The first-order chi connectivity index (χ1) is 15.7. The summed E-state index contributed by atoms with van der Waals surface area (Å²) in [6.45, 7) is 3.62. The molecule has 0 radical (unpaired) electrons. The average molecular weight is 524 g/mol. The van der Waals surface area contributed by atoms with Crippen molar-refractivity contribution in [1.82, 2.24) is 20.9 Å². The molecule has 2 aliphatic rings. The summed E-state index contributed by atoms with van der Waals surface area (Å²) in [4.78, 5) is 24.3. The molecule has 4 atom stereocenters. The highest BCUT2D eigenvalue weighted by Crippen LogP contribution is 2.43. The molecular formula is C22H24BrF2N5O3. The summed E-state index contributed by atoms with van der Waals surface area (Å²) < 4.78 is 35.0. The number of carbonyl (C=O) groups excluding carboxylic acids is 2. The number of rotatable bonds is 5. The van der Waals surface area contributed by atoms with E-state index in [2.05, 4.69) is 42.0 Å². The summed E-state index contributed by atoms with van der Waals surface area (Å²) in [7, 11) is 0. The van der Waals surface area contributed by atoms with Crippen molar-refractivity contribution in [1.29, 1.82) is 0 Å². The minimum Gasteiger partial charge on any atom is -0.435 e. The fourth-order valence-electron chi connectivity index (χ4n) is 4.54. The monoisotopic (exact) mass is 523 g/mol. The summed E-state index contributed by atoms with van der Waals surface area (Å²) in [6.07, 6.45) is -0.918. The van der Waals surface area contributed by atoms with Crippen molar-refractivity contribution < 1.29 is 23.1 Å². The number of hydrazone groups is 1. The molecule has 1 saturated carbocycles. The lowest BCUT2D eigenvalue weighted by Crippen LogP contribution is -2.55. The Morgan fingerprint density at radius 3 is 2.88 bits per heavy atom. The van der Waals surface area contributed by atoms with Gasteiger partial charge in [0.05, 0.1) is 0 Å². The molecule has 8 nitrogen and oxygen atoms in total. The van der Waals surface area contributed by atoms with E-state index in [4.69, 9.17) is 4.74 Å². The topological polar surface area (TPSA) is 108 Å². The van der Waals surface area contributed by atoms with Gasteiger partial charge in [-0.25, -0.2) is 19.0 Å². The second kappa shape index (κ2) is 9.20. The van der Waals surface area contributed by atoms with Crippen LogP contribution in [0.2, 0.25) is 0 Å². The number of amides is 2. The molecule has 1 aromatic heterocycles. The molecule has 3 N–H and O–H groups in total. The molecule has 11 heteroatoms. The predicted molar refractivity (Wildman–Crippen MR) is 120 cm³/mol. The van der Waals surface area contributed by atoms with Crippen LogP contribution in [-0.4, -0.2) is 45.7 Å². The van der Waals surface area contributed by atoms with Gasteiger partial charge in [-0.1, -0.05) is 15.9 Å². The lowest BCUT2D eigenvalue weighted by atomic mass is 9.71. The van der Waals surface area contributed by atoms with Gasteiger partial charge in [0.2, 0.25) is 0 Å². The zero-order chi connectivity index (χ0) is 23.8. The molecule has 1 aromatic carbocycles. The van der Waals surface area contributed by atoms with E-state index < -0.39 is 23.7 Å². The largest absolute Gasteiger partial charge is 0.435 e. The summed E-state index contributed by atoms with van der Waals surface area (Å²) in [5.74, 6) is -1.09. The first-order valence-corrected chi connectivity index (χ1v) is 11.5. The molecule has 1 fully saturated rings. The maximum atomic E-state index is 15.4. The summed E-state index contributed by atoms with van der Waals surface area (Å²) in [5.41, 5.74) is 2.96. The SMILES string of the molecule is Cc1cc(C(=O)N[C@@H](C)CC2CC[C@]3(C[C@@H]2F)OC(=O)NN=C3c2ccc(F)cc2Br)n[nH]1. The van der Waals surface area contributed by atoms with E-state index in [1.165, 1.54) is 18.2 Å². The van der Waals surface area contributed by atoms with Gasteiger partial charge in [0.1, 0.15) is 23.4 Å². The number of hydrogen-bond acceptors (Lipinski definition) is 5. The molecule has 4 rings (SSSR count). The molecule has 0 saturated heterocycles. The first kappa shape index (κ1) is 23.3. The Labute approximate surface area is 197 Å². The first-order valence-electron chi connectivity index (χ1n) is 10.7. The minimum absolute atomic E-state index is 0.0764. The van der Waals surface area contributed by atoms with Crippen molar-refractivity contribution in [2.45, 2.75) is 57.3 Å². The highest BCUT2D eigenvalue weighted by Gasteiger charge is 2.50. The van der Waals surface area contributed by atoms with Gasteiger partial charge in [0.15, 0.2) is 5.60 Å². The minimum atomic E-state index is -1.29. The Hall–Kier alpha value is -2.82. The standard InChI is InChI=1S/C22H24BrF2N5O3/c1-11(26-20(31)18-8-12(2)27-28-18)7-13-5-6-22(10-17(13)25)19(29-30-21(32)33-22)15-4-3-14(24)9-16(15)23/h3-4,8-9,11,13,17H,5-7,10H2,1-2H3,(H,26,31)(H,27,28)(H,30,32)/t11-,13?,17-,22+/m0/s1. The van der Waals surface area contributed by atoms with E-state index >= 15 is 4.39 Å². The Bertz CT molecular complexity index is 1110. The van der Waals surface area contributed by atoms with Crippen molar-refractivity contribution in [2.75, 3.05) is 0 Å². The van der Waals surface area contributed by atoms with Crippen LogP contribution in [0.25, 0.3) is 0 Å². The van der Waals surface area contributed by atoms with Crippen LogP contribution < -0.4 is 10.7 Å². The smallest absolute Gasteiger partial charge is 0.428 e. The van der Waals surface area contributed by atoms with Gasteiger partial charge < -0.3 is 10.1 Å². The molecule has 176 valence electrons. The zero-order valence-electron chi connectivity index (χ0n) is 18.1. The average Bonchev–Trinajstić information content (AvgIpc) is 3.18. The molecule has 0 bridgehead atoms. The normalized spacial score (nSPS) is 25.7. The van der Waals surface area contributed by atoms with E-state index in [0.29, 0.717) is 35.0 Å². The number of carbonyl (C=O) groups is 2. The van der Waals surface area contributed by atoms with E-state index in [1.807, 2.05) is 6.92 Å². The Morgan fingerprint density at radius 2 is 2.21 bits per heavy atom. The van der Waals surface area contributed by atoms with E-state index in [0.717, 1.165) is 5.69 Å². The van der Waals surface area contributed by atoms with Gasteiger partial charge in [-0.2, -0.15) is 10.2 Å². The third-order valence-corrected chi connectivity index (χ3v) is 6.75. The van der Waals surface area contributed by atoms with Crippen molar-refractivity contribution >= 4 is 33.6 Å². The Balaban J connectivity index is 1.46. The number of nitrogens with one attached hydrogen (secondary N) is 3. The highest BCUT2D eigenvalue weighted by atomic mass is 79.9. The van der Waals surface area contributed by atoms with E-state index in [-0.39, 0.29) is 30.0 Å². The van der Waals surface area contributed by atoms with Gasteiger partial charge in [-0.05, 0) is 63.3 Å². The van der Waals surface area contributed by atoms with Crippen molar-refractivity contribution in [3.05, 3.63) is 51.5 Å². The van der Waals surface area contributed by atoms with Crippen LogP contribution in [0.4, 0.5) is 13.6 Å². The molecule has 2 amide bonds. The molecule has 2 aromatic rings. The number of hydrogen-bond donors (Lipinski definition) is 3. The number of aromatic amines is 1. The number of aromatic nitrogens is 2. The molecule has 33 heavy (non-hydrogen) atoms. The maximum Gasteiger partial charge on any atom is 0.428 e. The Kier molecular flexibility index (Phi) is 6.51. The third-order valence-electron chi connectivity index (χ3n) is 6.09. The number of halogens is 3. The number of aryl methyl sites for hydroxylation is 1. The molecular weight excluding hydrogens is 500 g/mol. The fourth-order valence-corrected chi connectivity index (χ4v) is 5.08. The lowest BCUT2D eigenvalue weighted by molar-refractivity contribution is -0.0174. The molecule has 1 aliphatic carbocycles. The Morgan fingerprint density at radius 1 is 1.42 bits per heavy atom. The van der Waals surface area contributed by atoms with Crippen molar-refractivity contribution in [2.24, 2.45) is 11.0 Å². The van der Waals surface area contributed by atoms with Gasteiger partial charge in [0.25, 0.3) is 5.91 Å². The second-order valence-electron chi connectivity index (χ2n) is 8.65. The predicted octanol–water partition coefficient (Wildman–Crippen LogP) is 4.15. The summed E-state index contributed by atoms with van der Waals surface area (Å²) >= 11 is 3.32. The van der Waals surface area contributed by atoms with Crippen LogP contribution in [0.5, 0.6) is 0 Å². The maximum absolute atomic E-state index is 15.4. The van der Waals surface area contributed by atoms with Crippen molar-refractivity contribution in [3.8, 4) is 0 Å². The second-order valence-corrected chi connectivity index (χ2v) is 9.50. The van der Waals surface area contributed by atoms with Crippen molar-refractivity contribution in [3.63, 3.8) is 0 Å². The van der Waals surface area contributed by atoms with E-state index in [1.54, 1.807) is 13.0 Å². The quantitative estimate of drug-likeness (QED) is 0.546. The number of ether oxygens (including phenoxy) is 1. The number of H-pyrrole nitrogens is 1. The van der Waals surface area contributed by atoms with Gasteiger partial charge in [0, 0.05) is 28.2 Å². The van der Waals surface area contributed by atoms with Crippen LogP contribution >= 0.6 is 15.9 Å². The van der Waals surface area contributed by atoms with Crippen LogP contribution in [-0.2, 0) is 4.74 Å². The van der Waals surface area contributed by atoms with Crippen LogP contribution in [0.1, 0.15) is 54.4 Å². The number of nitrogens with zero attached hydrogens (tertiary/aromatic N) is 2. The zero-order valence-corrected chi connectivity index (χ0v) is 19.7. The number of benzene rings is 1. The van der Waals surface area contributed by atoms with Gasteiger partial charge in [-0.3, -0.25) is 9.89 Å². The molecule has 1 unspecified atom stereocenters. The van der Waals surface area contributed by atoms with Crippen LogP contribution in [0.15, 0.2) is 33.8 Å². The third kappa shape index (κ3) is 4.92. The molecule has 1 aliphatic heterocycles. The van der Waals surface area contributed by atoms with E-state index in [9.17, 15) is 14.0 Å². The van der Waals surface area contributed by atoms with Crippen LogP contribution in [0, 0.1) is 18.7 Å². The fraction of sp³-hybridized carbons (Fsp3) is 0.455.